The maximum absolute atomic E-state index is 6.22. The first-order valence-corrected chi connectivity index (χ1v) is 16.4. The van der Waals surface area contributed by atoms with Gasteiger partial charge in [0.25, 0.3) is 0 Å². The molecule has 230 valence electrons. The number of rotatable bonds is 5. The highest BCUT2D eigenvalue weighted by Gasteiger charge is 2.18. The minimum atomic E-state index is 0.870. The van der Waals surface area contributed by atoms with Crippen molar-refractivity contribution in [3.8, 4) is 0 Å². The summed E-state index contributed by atoms with van der Waals surface area (Å²) in [7, 11) is 0. The molecule has 0 atom stereocenters. The average Bonchev–Trinajstić information content (AvgIpc) is 3.72. The topological polar surface area (TPSA) is 41.9 Å². The van der Waals surface area contributed by atoms with Gasteiger partial charge in [0.05, 0.1) is 5.69 Å². The van der Waals surface area contributed by atoms with E-state index >= 15 is 0 Å². The van der Waals surface area contributed by atoms with Crippen molar-refractivity contribution in [2.24, 2.45) is 4.99 Å². The smallest absolute Gasteiger partial charge is 0.135 e. The largest absolute Gasteiger partial charge is 0.456 e. The summed E-state index contributed by atoms with van der Waals surface area (Å²) < 4.78 is 12.4. The fourth-order valence-electron chi connectivity index (χ4n) is 7.09. The molecule has 2 aromatic heterocycles. The second kappa shape index (κ2) is 11.0. The zero-order chi connectivity index (χ0) is 32.3. The van der Waals surface area contributed by atoms with E-state index in [1.165, 1.54) is 16.2 Å². The molecule has 8 aromatic carbocycles. The van der Waals surface area contributed by atoms with Crippen molar-refractivity contribution >= 4 is 94.4 Å². The Hall–Kier alpha value is -6.65. The van der Waals surface area contributed by atoms with Crippen LogP contribution in [0.4, 0.5) is 22.7 Å². The van der Waals surface area contributed by atoms with E-state index in [-0.39, 0.29) is 0 Å². The molecular weight excluding hydrogens is 601 g/mol. The van der Waals surface area contributed by atoms with Crippen LogP contribution in [0.1, 0.15) is 5.56 Å². The van der Waals surface area contributed by atoms with E-state index in [4.69, 9.17) is 13.8 Å². The first-order chi connectivity index (χ1) is 24.2. The van der Waals surface area contributed by atoms with Gasteiger partial charge in [-0.2, -0.15) is 0 Å². The molecule has 2 heterocycles. The number of hydrogen-bond donors (Lipinski definition) is 0. The molecule has 0 amide bonds. The molecule has 0 saturated carbocycles. The highest BCUT2D eigenvalue weighted by molar-refractivity contribution is 6.11. The maximum atomic E-state index is 6.22. The Kier molecular flexibility index (Phi) is 6.15. The molecule has 10 rings (SSSR count). The number of benzene rings is 8. The first-order valence-electron chi connectivity index (χ1n) is 16.4. The van der Waals surface area contributed by atoms with Gasteiger partial charge in [0, 0.05) is 44.8 Å². The summed E-state index contributed by atoms with van der Waals surface area (Å²) in [6.07, 6.45) is 1.92. The molecule has 0 aliphatic rings. The Balaban J connectivity index is 1.18. The molecule has 0 N–H and O–H groups in total. The van der Waals surface area contributed by atoms with Gasteiger partial charge in [0.2, 0.25) is 0 Å². The van der Waals surface area contributed by atoms with Crippen LogP contribution in [0.2, 0.25) is 0 Å². The van der Waals surface area contributed by atoms with Gasteiger partial charge in [0.1, 0.15) is 22.3 Å². The van der Waals surface area contributed by atoms with Crippen LogP contribution >= 0.6 is 0 Å². The number of fused-ring (bicyclic) bond motifs is 9. The lowest BCUT2D eigenvalue weighted by Gasteiger charge is -2.26. The third kappa shape index (κ3) is 4.65. The first kappa shape index (κ1) is 27.5. The Morgan fingerprint density at radius 1 is 0.388 bits per heavy atom. The van der Waals surface area contributed by atoms with Crippen LogP contribution in [-0.4, -0.2) is 6.21 Å². The maximum Gasteiger partial charge on any atom is 0.135 e. The van der Waals surface area contributed by atoms with Crippen LogP contribution < -0.4 is 4.90 Å². The van der Waals surface area contributed by atoms with E-state index in [0.29, 0.717) is 0 Å². The second-order valence-electron chi connectivity index (χ2n) is 12.4. The lowest BCUT2D eigenvalue weighted by atomic mass is 10.00. The van der Waals surface area contributed by atoms with E-state index in [0.717, 1.165) is 77.6 Å². The van der Waals surface area contributed by atoms with Crippen molar-refractivity contribution < 1.29 is 8.83 Å². The van der Waals surface area contributed by atoms with E-state index in [1.807, 2.05) is 48.7 Å². The number of aliphatic imine (C=N–C) groups is 1. The normalized spacial score (nSPS) is 12.0. The minimum Gasteiger partial charge on any atom is -0.456 e. The Morgan fingerprint density at radius 2 is 0.857 bits per heavy atom. The summed E-state index contributed by atoms with van der Waals surface area (Å²) in [5.74, 6) is 0. The number of para-hydroxylation sites is 2. The molecule has 4 heteroatoms. The van der Waals surface area contributed by atoms with Crippen LogP contribution in [0.25, 0.3) is 65.4 Å². The molecule has 4 nitrogen and oxygen atoms in total. The third-order valence-electron chi connectivity index (χ3n) is 9.46. The number of anilines is 3. The van der Waals surface area contributed by atoms with Gasteiger partial charge in [0.15, 0.2) is 0 Å². The van der Waals surface area contributed by atoms with Gasteiger partial charge in [-0.25, -0.2) is 0 Å². The van der Waals surface area contributed by atoms with Crippen LogP contribution in [0.3, 0.4) is 0 Å². The molecule has 49 heavy (non-hydrogen) atoms. The Bertz CT molecular complexity index is 2780. The molecule has 0 fully saturated rings. The predicted molar refractivity (Wildman–Crippen MR) is 204 cm³/mol. The SMILES string of the molecule is C(=Nc1ccc2ccc3ccc(N(c4ccc5oc6ccccc6c5c4)c4ccc5oc6ccccc6c5c4)cc3c2c1)c1ccccc1. The van der Waals surface area contributed by atoms with Crippen molar-refractivity contribution in [1.29, 1.82) is 0 Å². The second-order valence-corrected chi connectivity index (χ2v) is 12.4. The molecule has 0 radical (unpaired) electrons. The molecule has 0 spiro atoms. The Labute approximate surface area is 281 Å². The summed E-state index contributed by atoms with van der Waals surface area (Å²) in [4.78, 5) is 7.16. The summed E-state index contributed by atoms with van der Waals surface area (Å²) in [5.41, 5.74) is 8.63. The van der Waals surface area contributed by atoms with Gasteiger partial charge in [-0.15, -0.1) is 0 Å². The number of nitrogens with zero attached hydrogens (tertiary/aromatic N) is 2. The van der Waals surface area contributed by atoms with Crippen LogP contribution in [-0.2, 0) is 0 Å². The van der Waals surface area contributed by atoms with Crippen LogP contribution in [0, 0.1) is 0 Å². The number of furan rings is 2. The van der Waals surface area contributed by atoms with Gasteiger partial charge in [-0.3, -0.25) is 4.99 Å². The van der Waals surface area contributed by atoms with E-state index in [2.05, 4.69) is 126 Å². The summed E-state index contributed by atoms with van der Waals surface area (Å²) in [6, 6.07) is 57.1. The van der Waals surface area contributed by atoms with Crippen molar-refractivity contribution in [2.45, 2.75) is 0 Å². The molecular formula is C45H28N2O2. The van der Waals surface area contributed by atoms with E-state index < -0.39 is 0 Å². The molecule has 0 bridgehead atoms. The van der Waals surface area contributed by atoms with E-state index in [9.17, 15) is 0 Å². The van der Waals surface area contributed by atoms with Crippen LogP contribution in [0.5, 0.6) is 0 Å². The molecule has 0 saturated heterocycles. The zero-order valence-corrected chi connectivity index (χ0v) is 26.4. The standard InChI is InChI=1S/C45H28N2O2/c1-2-8-29(9-3-1)28-46-32-18-16-30-14-15-31-17-19-33(25-39(31)38(30)24-32)47(34-20-22-44-40(26-34)36-10-4-6-12-42(36)48-44)35-21-23-45-41(27-35)37-11-5-7-13-43(37)49-45/h1-28H. The minimum absolute atomic E-state index is 0.870. The Morgan fingerprint density at radius 3 is 1.49 bits per heavy atom. The lowest BCUT2D eigenvalue weighted by molar-refractivity contribution is 0.668. The fraction of sp³-hybridized carbons (Fsp3) is 0. The van der Waals surface area contributed by atoms with E-state index in [1.54, 1.807) is 0 Å². The molecule has 0 unspecified atom stereocenters. The van der Waals surface area contributed by atoms with Gasteiger partial charge < -0.3 is 13.7 Å². The zero-order valence-electron chi connectivity index (χ0n) is 26.4. The highest BCUT2D eigenvalue weighted by Crippen LogP contribution is 2.42. The lowest BCUT2D eigenvalue weighted by Crippen LogP contribution is -2.09. The number of hydrogen-bond acceptors (Lipinski definition) is 4. The average molecular weight is 629 g/mol. The quantitative estimate of drug-likeness (QED) is 0.141. The third-order valence-corrected chi connectivity index (χ3v) is 9.46. The van der Waals surface area contributed by atoms with Gasteiger partial charge in [-0.05, 0) is 99.9 Å². The summed E-state index contributed by atoms with van der Waals surface area (Å²) >= 11 is 0. The van der Waals surface area contributed by atoms with Crippen molar-refractivity contribution in [3.63, 3.8) is 0 Å². The van der Waals surface area contributed by atoms with Crippen molar-refractivity contribution in [1.82, 2.24) is 0 Å². The summed E-state index contributed by atoms with van der Waals surface area (Å²) in [6.45, 7) is 0. The summed E-state index contributed by atoms with van der Waals surface area (Å²) in [5, 5.41) is 9.05. The molecule has 0 aliphatic heterocycles. The van der Waals surface area contributed by atoms with Gasteiger partial charge >= 0.3 is 0 Å². The van der Waals surface area contributed by atoms with Crippen LogP contribution in [0.15, 0.2) is 178 Å². The van der Waals surface area contributed by atoms with Crippen molar-refractivity contribution in [2.75, 3.05) is 4.90 Å². The molecule has 10 aromatic rings. The fourth-order valence-corrected chi connectivity index (χ4v) is 7.09. The predicted octanol–water partition coefficient (Wildman–Crippen LogP) is 13.0. The van der Waals surface area contributed by atoms with Crippen molar-refractivity contribution in [3.05, 3.63) is 169 Å². The monoisotopic (exact) mass is 628 g/mol. The highest BCUT2D eigenvalue weighted by atomic mass is 16.3. The molecule has 0 aliphatic carbocycles. The van der Waals surface area contributed by atoms with Gasteiger partial charge in [-0.1, -0.05) is 91.0 Å².